The molecule has 0 saturated carbocycles. The highest BCUT2D eigenvalue weighted by atomic mass is 32.2. The van der Waals surface area contributed by atoms with Gasteiger partial charge in [0.1, 0.15) is 17.6 Å². The van der Waals surface area contributed by atoms with E-state index in [0.29, 0.717) is 19.0 Å². The van der Waals surface area contributed by atoms with Gasteiger partial charge >= 0.3 is 0 Å². The normalized spacial score (nSPS) is 24.1. The Kier molecular flexibility index (Phi) is 5.14. The molecular formula is C12H17FN2O4S. The van der Waals surface area contributed by atoms with Crippen molar-refractivity contribution in [3.8, 4) is 0 Å². The number of hydrogen-bond donors (Lipinski definition) is 1. The molecule has 1 N–H and O–H groups in total. The molecule has 20 heavy (non-hydrogen) atoms. The van der Waals surface area contributed by atoms with E-state index >= 15 is 0 Å². The van der Waals surface area contributed by atoms with Crippen LogP contribution in [0.3, 0.4) is 0 Å². The predicted octanol–water partition coefficient (Wildman–Crippen LogP) is 1.42. The van der Waals surface area contributed by atoms with Crippen LogP contribution in [-0.2, 0) is 20.6 Å². The lowest BCUT2D eigenvalue weighted by atomic mass is 10.1. The highest BCUT2D eigenvalue weighted by Crippen LogP contribution is 2.25. The van der Waals surface area contributed by atoms with E-state index in [1.165, 1.54) is 0 Å². The number of aromatic nitrogens is 2. The molecule has 8 heteroatoms. The van der Waals surface area contributed by atoms with E-state index in [-0.39, 0.29) is 18.2 Å². The van der Waals surface area contributed by atoms with Gasteiger partial charge < -0.3 is 14.0 Å². The smallest absolute Gasteiger partial charge is 0.165 e. The van der Waals surface area contributed by atoms with Crippen molar-refractivity contribution >= 4 is 11.1 Å². The summed E-state index contributed by atoms with van der Waals surface area (Å²) in [4.78, 5) is 8.07. The molecule has 0 bridgehead atoms. The van der Waals surface area contributed by atoms with Gasteiger partial charge in [0.05, 0.1) is 31.3 Å². The van der Waals surface area contributed by atoms with Gasteiger partial charge in [0.2, 0.25) is 0 Å². The fourth-order valence-corrected chi connectivity index (χ4v) is 2.34. The molecule has 1 aromatic rings. The Morgan fingerprint density at radius 3 is 2.85 bits per heavy atom. The third kappa shape index (κ3) is 3.38. The van der Waals surface area contributed by atoms with Crippen LogP contribution >= 0.6 is 0 Å². The van der Waals surface area contributed by atoms with E-state index in [0.717, 1.165) is 6.20 Å². The minimum Gasteiger partial charge on any atom is -0.376 e. The molecule has 1 saturated heterocycles. The van der Waals surface area contributed by atoms with Crippen LogP contribution in [0.1, 0.15) is 37.4 Å². The van der Waals surface area contributed by atoms with Gasteiger partial charge in [-0.2, -0.15) is 0 Å². The second-order valence-electron chi connectivity index (χ2n) is 4.67. The Morgan fingerprint density at radius 1 is 1.50 bits per heavy atom. The third-order valence-corrected chi connectivity index (χ3v) is 4.38. The van der Waals surface area contributed by atoms with E-state index in [4.69, 9.17) is 14.0 Å². The molecule has 1 aliphatic rings. The number of nitrogens with zero attached hydrogens (tertiary/aromatic N) is 2. The maximum atomic E-state index is 13.8. The molecule has 0 amide bonds. The van der Waals surface area contributed by atoms with Crippen LogP contribution in [0.5, 0.6) is 0 Å². The molecule has 1 aliphatic heterocycles. The topological polar surface area (TPSA) is 81.5 Å². The zero-order chi connectivity index (χ0) is 14.7. The highest BCUT2D eigenvalue weighted by Gasteiger charge is 2.26. The fourth-order valence-electron chi connectivity index (χ4n) is 1.87. The monoisotopic (exact) mass is 304 g/mol. The Balaban J connectivity index is 2.25. The Morgan fingerprint density at radius 2 is 2.25 bits per heavy atom. The van der Waals surface area contributed by atoms with E-state index < -0.39 is 28.3 Å². The molecule has 2 heterocycles. The summed E-state index contributed by atoms with van der Waals surface area (Å²) in [5.74, 6) is -0.607. The van der Waals surface area contributed by atoms with Crippen molar-refractivity contribution in [2.75, 3.05) is 19.8 Å². The molecule has 0 spiro atoms. The zero-order valence-electron chi connectivity index (χ0n) is 11.3. The Bertz CT molecular complexity index is 496. The summed E-state index contributed by atoms with van der Waals surface area (Å²) in [6.07, 6.45) is 0.506. The molecule has 1 fully saturated rings. The molecule has 2 rings (SSSR count). The fraction of sp³-hybridized carbons (Fsp3) is 0.667. The van der Waals surface area contributed by atoms with E-state index in [1.807, 2.05) is 0 Å². The van der Waals surface area contributed by atoms with Crippen molar-refractivity contribution in [2.45, 2.75) is 31.1 Å². The van der Waals surface area contributed by atoms with Gasteiger partial charge in [0.15, 0.2) is 16.9 Å². The number of ether oxygens (including phenoxy) is 2. The predicted molar refractivity (Wildman–Crippen MR) is 70.2 cm³/mol. The lowest BCUT2D eigenvalue weighted by Gasteiger charge is -2.23. The van der Waals surface area contributed by atoms with Crippen LogP contribution in [-0.4, -0.2) is 43.8 Å². The van der Waals surface area contributed by atoms with Gasteiger partial charge in [0.25, 0.3) is 0 Å². The second-order valence-corrected chi connectivity index (χ2v) is 5.96. The van der Waals surface area contributed by atoms with Gasteiger partial charge in [-0.1, -0.05) is 6.92 Å². The lowest BCUT2D eigenvalue weighted by molar-refractivity contribution is -0.0931. The minimum absolute atomic E-state index is 0.137. The molecule has 112 valence electrons. The summed E-state index contributed by atoms with van der Waals surface area (Å²) in [5.41, 5.74) is 0.137. The molecule has 1 aromatic heterocycles. The first-order chi connectivity index (χ1) is 9.50. The van der Waals surface area contributed by atoms with Crippen LogP contribution in [0.25, 0.3) is 0 Å². The van der Waals surface area contributed by atoms with Gasteiger partial charge in [-0.15, -0.1) is 0 Å². The molecule has 1 unspecified atom stereocenters. The van der Waals surface area contributed by atoms with Crippen LogP contribution < -0.4 is 0 Å². The first-order valence-electron chi connectivity index (χ1n) is 6.32. The lowest BCUT2D eigenvalue weighted by Crippen LogP contribution is -2.25. The van der Waals surface area contributed by atoms with Gasteiger partial charge in [-0.05, 0) is 6.92 Å². The summed E-state index contributed by atoms with van der Waals surface area (Å²) in [6, 6.07) is 0. The van der Waals surface area contributed by atoms with Gasteiger partial charge in [0, 0.05) is 5.92 Å². The maximum Gasteiger partial charge on any atom is 0.165 e. The van der Waals surface area contributed by atoms with Crippen molar-refractivity contribution < 1.29 is 22.6 Å². The minimum atomic E-state index is -1.99. The summed E-state index contributed by atoms with van der Waals surface area (Å²) < 4.78 is 44.7. The average molecular weight is 304 g/mol. The summed E-state index contributed by atoms with van der Waals surface area (Å²) in [6.45, 7) is 4.45. The standard InChI is InChI=1S/C12H17FN2O4S/c1-7(8(2)20(16)17)12-14-5-9(13)11(15-12)10-6-18-3-4-19-10/h5,7-8,10H,3-4,6H2,1-2H3,(H,16,17)/t7-,8-,10-/m0/s1. The number of halogens is 1. The quantitative estimate of drug-likeness (QED) is 0.847. The van der Waals surface area contributed by atoms with E-state index in [1.54, 1.807) is 13.8 Å². The molecule has 0 radical (unpaired) electrons. The van der Waals surface area contributed by atoms with Crippen molar-refractivity contribution in [1.29, 1.82) is 0 Å². The van der Waals surface area contributed by atoms with Gasteiger partial charge in [-0.25, -0.2) is 18.6 Å². The molecular weight excluding hydrogens is 287 g/mol. The van der Waals surface area contributed by atoms with E-state index in [9.17, 15) is 8.60 Å². The van der Waals surface area contributed by atoms with E-state index in [2.05, 4.69) is 9.97 Å². The zero-order valence-corrected chi connectivity index (χ0v) is 12.1. The summed E-state index contributed by atoms with van der Waals surface area (Å²) >= 11 is -1.99. The van der Waals surface area contributed by atoms with Crippen molar-refractivity contribution in [3.05, 3.63) is 23.5 Å². The molecule has 0 aliphatic carbocycles. The number of rotatable bonds is 4. The first-order valence-corrected chi connectivity index (χ1v) is 7.49. The van der Waals surface area contributed by atoms with Crippen LogP contribution in [0.4, 0.5) is 4.39 Å². The van der Waals surface area contributed by atoms with Crippen molar-refractivity contribution in [3.63, 3.8) is 0 Å². The van der Waals surface area contributed by atoms with Crippen molar-refractivity contribution in [2.24, 2.45) is 0 Å². The second kappa shape index (κ2) is 6.66. The number of hydrogen-bond acceptors (Lipinski definition) is 5. The van der Waals surface area contributed by atoms with Crippen molar-refractivity contribution in [1.82, 2.24) is 9.97 Å². The molecule has 0 aromatic carbocycles. The van der Waals surface area contributed by atoms with Crippen LogP contribution in [0.2, 0.25) is 0 Å². The highest BCUT2D eigenvalue weighted by molar-refractivity contribution is 7.79. The maximum absolute atomic E-state index is 13.8. The third-order valence-electron chi connectivity index (χ3n) is 3.34. The van der Waals surface area contributed by atoms with Gasteiger partial charge in [-0.3, -0.25) is 0 Å². The Hall–Kier alpha value is -0.960. The SMILES string of the molecule is C[C@H](c1ncc(F)c([C@@H]2COCCO2)n1)[C@H](C)S(=O)O. The largest absolute Gasteiger partial charge is 0.376 e. The summed E-state index contributed by atoms with van der Waals surface area (Å²) in [7, 11) is 0. The summed E-state index contributed by atoms with van der Waals surface area (Å²) in [5, 5.41) is -0.545. The van der Waals surface area contributed by atoms with Crippen LogP contribution in [0, 0.1) is 5.82 Å². The Labute approximate surface area is 119 Å². The average Bonchev–Trinajstić information content (AvgIpc) is 2.47. The molecule has 6 nitrogen and oxygen atoms in total. The molecule has 4 atom stereocenters. The first kappa shape index (κ1) is 15.4. The van der Waals surface area contributed by atoms with Crippen LogP contribution in [0.15, 0.2) is 6.20 Å².